The van der Waals surface area contributed by atoms with Crippen LogP contribution in [0.15, 0.2) is 46.2 Å². The van der Waals surface area contributed by atoms with Crippen molar-refractivity contribution in [1.82, 2.24) is 5.32 Å². The number of amides is 2. The van der Waals surface area contributed by atoms with Crippen LogP contribution in [0.1, 0.15) is 48.0 Å². The van der Waals surface area contributed by atoms with Gasteiger partial charge in [0.25, 0.3) is 11.8 Å². The average molecular weight is 439 g/mol. The van der Waals surface area contributed by atoms with Crippen LogP contribution in [-0.4, -0.2) is 32.1 Å². The van der Waals surface area contributed by atoms with Crippen molar-refractivity contribution in [2.75, 3.05) is 19.5 Å². The fourth-order valence-corrected chi connectivity index (χ4v) is 4.84. The van der Waals surface area contributed by atoms with Crippen molar-refractivity contribution in [3.05, 3.63) is 52.4 Å². The molecule has 162 valence electrons. The second-order valence-corrected chi connectivity index (χ2v) is 8.78. The van der Waals surface area contributed by atoms with E-state index in [1.807, 2.05) is 36.4 Å². The third kappa shape index (κ3) is 4.88. The number of thioether (sulfide) groups is 1. The molecule has 1 saturated carbocycles. The van der Waals surface area contributed by atoms with Crippen molar-refractivity contribution in [2.45, 2.75) is 43.0 Å². The number of fused-ring (bicyclic) bond motifs is 1. The van der Waals surface area contributed by atoms with E-state index in [2.05, 4.69) is 10.6 Å². The standard InChI is InChI=1S/C24H26N2O4S/c1-29-19-10-8-15(12-20(19)30-2)13-22-24(28)26-18-14-16(9-11-21(18)31-22)23(27)25-17-6-4-3-5-7-17/h8-14,17H,3-7H2,1-2H3,(H,25,27)(H,26,28). The van der Waals surface area contributed by atoms with Gasteiger partial charge in [-0.1, -0.05) is 37.1 Å². The predicted molar refractivity (Wildman–Crippen MR) is 123 cm³/mol. The summed E-state index contributed by atoms with van der Waals surface area (Å²) in [4.78, 5) is 26.8. The van der Waals surface area contributed by atoms with Gasteiger partial charge in [-0.3, -0.25) is 9.59 Å². The number of nitrogens with one attached hydrogen (secondary N) is 2. The van der Waals surface area contributed by atoms with Gasteiger partial charge in [0, 0.05) is 16.5 Å². The lowest BCUT2D eigenvalue weighted by Gasteiger charge is -2.23. The SMILES string of the molecule is COc1ccc(C=C2Sc3ccc(C(=O)NC4CCCCC4)cc3NC2=O)cc1OC. The second-order valence-electron chi connectivity index (χ2n) is 7.70. The Morgan fingerprint density at radius 1 is 1.06 bits per heavy atom. The van der Waals surface area contributed by atoms with E-state index >= 15 is 0 Å². The Morgan fingerprint density at radius 2 is 1.84 bits per heavy atom. The Hall–Kier alpha value is -2.93. The van der Waals surface area contributed by atoms with Gasteiger partial charge in [0.15, 0.2) is 11.5 Å². The maximum atomic E-state index is 12.7. The first-order chi connectivity index (χ1) is 15.1. The second kappa shape index (κ2) is 9.47. The Balaban J connectivity index is 1.51. The molecule has 1 aliphatic heterocycles. The number of hydrogen-bond donors (Lipinski definition) is 2. The normalized spacial score (nSPS) is 17.6. The summed E-state index contributed by atoms with van der Waals surface area (Å²) in [5.74, 6) is 0.958. The minimum absolute atomic E-state index is 0.0828. The highest BCUT2D eigenvalue weighted by molar-refractivity contribution is 8.04. The molecule has 2 aromatic carbocycles. The Bertz CT molecular complexity index is 1030. The largest absolute Gasteiger partial charge is 0.493 e. The Morgan fingerprint density at radius 3 is 2.58 bits per heavy atom. The fourth-order valence-electron chi connectivity index (χ4n) is 3.91. The quantitative estimate of drug-likeness (QED) is 0.653. The molecule has 1 heterocycles. The zero-order chi connectivity index (χ0) is 21.8. The smallest absolute Gasteiger partial charge is 0.262 e. The first-order valence-corrected chi connectivity index (χ1v) is 11.3. The zero-order valence-electron chi connectivity index (χ0n) is 17.7. The monoisotopic (exact) mass is 438 g/mol. The van der Waals surface area contributed by atoms with Crippen molar-refractivity contribution >= 4 is 35.3 Å². The lowest BCUT2D eigenvalue weighted by atomic mass is 9.95. The van der Waals surface area contributed by atoms with Gasteiger partial charge in [-0.2, -0.15) is 0 Å². The lowest BCUT2D eigenvalue weighted by Crippen LogP contribution is -2.36. The van der Waals surface area contributed by atoms with Crippen LogP contribution in [-0.2, 0) is 4.79 Å². The molecule has 0 spiro atoms. The van der Waals surface area contributed by atoms with Gasteiger partial charge in [-0.15, -0.1) is 0 Å². The van der Waals surface area contributed by atoms with Crippen molar-refractivity contribution < 1.29 is 19.1 Å². The van der Waals surface area contributed by atoms with Crippen molar-refractivity contribution in [2.24, 2.45) is 0 Å². The maximum absolute atomic E-state index is 12.7. The van der Waals surface area contributed by atoms with E-state index in [9.17, 15) is 9.59 Å². The molecule has 2 amide bonds. The summed E-state index contributed by atoms with van der Waals surface area (Å²) < 4.78 is 10.6. The van der Waals surface area contributed by atoms with E-state index in [1.54, 1.807) is 20.3 Å². The van der Waals surface area contributed by atoms with Crippen LogP contribution in [0, 0.1) is 0 Å². The topological polar surface area (TPSA) is 76.7 Å². The highest BCUT2D eigenvalue weighted by Crippen LogP contribution is 2.40. The van der Waals surface area contributed by atoms with Crippen LogP contribution < -0.4 is 20.1 Å². The summed E-state index contributed by atoms with van der Waals surface area (Å²) in [5.41, 5.74) is 2.07. The molecule has 0 radical (unpaired) electrons. The Labute approximate surface area is 186 Å². The highest BCUT2D eigenvalue weighted by atomic mass is 32.2. The molecular weight excluding hydrogens is 412 g/mol. The first-order valence-electron chi connectivity index (χ1n) is 10.4. The maximum Gasteiger partial charge on any atom is 0.262 e. The zero-order valence-corrected chi connectivity index (χ0v) is 18.5. The molecule has 2 aromatic rings. The molecule has 1 aliphatic carbocycles. The van der Waals surface area contributed by atoms with Gasteiger partial charge < -0.3 is 20.1 Å². The van der Waals surface area contributed by atoms with Crippen molar-refractivity contribution in [3.63, 3.8) is 0 Å². The van der Waals surface area contributed by atoms with Gasteiger partial charge in [0.05, 0.1) is 24.8 Å². The molecule has 31 heavy (non-hydrogen) atoms. The summed E-state index contributed by atoms with van der Waals surface area (Å²) >= 11 is 1.38. The van der Waals surface area contributed by atoms with Crippen molar-refractivity contribution in [3.8, 4) is 11.5 Å². The number of rotatable bonds is 5. The average Bonchev–Trinajstić information content (AvgIpc) is 2.79. The van der Waals surface area contributed by atoms with E-state index in [0.29, 0.717) is 27.7 Å². The van der Waals surface area contributed by atoms with Crippen LogP contribution in [0.5, 0.6) is 11.5 Å². The van der Waals surface area contributed by atoms with E-state index < -0.39 is 0 Å². The number of carbonyl (C=O) groups is 2. The molecule has 2 N–H and O–H groups in total. The highest BCUT2D eigenvalue weighted by Gasteiger charge is 2.23. The van der Waals surface area contributed by atoms with Crippen LogP contribution >= 0.6 is 11.8 Å². The summed E-state index contributed by atoms with van der Waals surface area (Å²) in [7, 11) is 3.16. The molecule has 7 heteroatoms. The molecule has 2 aliphatic rings. The number of hydrogen-bond acceptors (Lipinski definition) is 5. The molecule has 0 atom stereocenters. The molecule has 0 aromatic heterocycles. The minimum atomic E-state index is -0.197. The van der Waals surface area contributed by atoms with Crippen LogP contribution in [0.2, 0.25) is 0 Å². The summed E-state index contributed by atoms with van der Waals surface area (Å²) in [5, 5.41) is 6.04. The van der Waals surface area contributed by atoms with Gasteiger partial charge in [-0.25, -0.2) is 0 Å². The summed E-state index contributed by atoms with van der Waals surface area (Å²) in [6.07, 6.45) is 7.46. The number of carbonyl (C=O) groups excluding carboxylic acids is 2. The van der Waals surface area contributed by atoms with Crippen LogP contribution in [0.4, 0.5) is 5.69 Å². The molecular formula is C24H26N2O4S. The first kappa shape index (κ1) is 21.3. The molecule has 0 saturated heterocycles. The predicted octanol–water partition coefficient (Wildman–Crippen LogP) is 4.85. The van der Waals surface area contributed by atoms with Gasteiger partial charge in [0.2, 0.25) is 0 Å². The molecule has 4 rings (SSSR count). The third-order valence-corrected chi connectivity index (χ3v) is 6.68. The van der Waals surface area contributed by atoms with Gasteiger partial charge in [-0.05, 0) is 54.8 Å². The minimum Gasteiger partial charge on any atom is -0.493 e. The third-order valence-electron chi connectivity index (χ3n) is 5.58. The van der Waals surface area contributed by atoms with Crippen LogP contribution in [0.3, 0.4) is 0 Å². The Kier molecular flexibility index (Phi) is 6.51. The van der Waals surface area contributed by atoms with E-state index in [4.69, 9.17) is 9.47 Å². The molecule has 1 fully saturated rings. The number of benzene rings is 2. The summed E-state index contributed by atoms with van der Waals surface area (Å²) in [6.45, 7) is 0. The summed E-state index contributed by atoms with van der Waals surface area (Å²) in [6, 6.07) is 11.2. The molecule has 6 nitrogen and oxygen atoms in total. The number of methoxy groups -OCH3 is 2. The van der Waals surface area contributed by atoms with Crippen molar-refractivity contribution in [1.29, 1.82) is 0 Å². The van der Waals surface area contributed by atoms with E-state index in [0.717, 1.165) is 36.1 Å². The van der Waals surface area contributed by atoms with Gasteiger partial charge in [0.1, 0.15) is 0 Å². The van der Waals surface area contributed by atoms with E-state index in [-0.39, 0.29) is 17.9 Å². The van der Waals surface area contributed by atoms with Gasteiger partial charge >= 0.3 is 0 Å². The molecule has 0 unspecified atom stereocenters. The number of ether oxygens (including phenoxy) is 2. The van der Waals surface area contributed by atoms with Crippen LogP contribution in [0.25, 0.3) is 6.08 Å². The molecule has 0 bridgehead atoms. The number of anilines is 1. The van der Waals surface area contributed by atoms with E-state index in [1.165, 1.54) is 18.2 Å². The fraction of sp³-hybridized carbons (Fsp3) is 0.333. The lowest BCUT2D eigenvalue weighted by molar-refractivity contribution is -0.112.